The van der Waals surface area contributed by atoms with Gasteiger partial charge < -0.3 is 10.2 Å². The highest BCUT2D eigenvalue weighted by atomic mass is 35.5. The molecule has 7 heteroatoms. The second kappa shape index (κ2) is 12.4. The fraction of sp³-hybridized carbons (Fsp3) is 0.417. The van der Waals surface area contributed by atoms with Gasteiger partial charge in [-0.3, -0.25) is 9.59 Å². The summed E-state index contributed by atoms with van der Waals surface area (Å²) in [6.07, 6.45) is 0.838. The van der Waals surface area contributed by atoms with E-state index in [4.69, 9.17) is 23.2 Å². The van der Waals surface area contributed by atoms with Crippen LogP contribution in [0.5, 0.6) is 0 Å². The van der Waals surface area contributed by atoms with Crippen LogP contribution in [0.3, 0.4) is 0 Å². The lowest BCUT2D eigenvalue weighted by atomic mass is 10.1. The average molecular weight is 481 g/mol. The SMILES string of the molecule is CCCNC(=O)[C@@H](C)N(Cc1ccc(Cl)c(Cl)c1)C(=O)CSCc1cc(C)cc(C)c1. The van der Waals surface area contributed by atoms with E-state index in [9.17, 15) is 9.59 Å². The van der Waals surface area contributed by atoms with Crippen LogP contribution in [0, 0.1) is 13.8 Å². The van der Waals surface area contributed by atoms with Crippen molar-refractivity contribution in [3.05, 3.63) is 68.7 Å². The van der Waals surface area contributed by atoms with E-state index in [1.54, 1.807) is 35.7 Å². The van der Waals surface area contributed by atoms with Gasteiger partial charge in [0.2, 0.25) is 11.8 Å². The van der Waals surface area contributed by atoms with E-state index in [-0.39, 0.29) is 11.8 Å². The summed E-state index contributed by atoms with van der Waals surface area (Å²) in [6.45, 7) is 8.77. The molecule has 0 radical (unpaired) electrons. The van der Waals surface area contributed by atoms with Crippen molar-refractivity contribution >= 4 is 46.8 Å². The topological polar surface area (TPSA) is 49.4 Å². The summed E-state index contributed by atoms with van der Waals surface area (Å²) in [5.41, 5.74) is 4.45. The Morgan fingerprint density at radius 3 is 2.32 bits per heavy atom. The van der Waals surface area contributed by atoms with Crippen molar-refractivity contribution < 1.29 is 9.59 Å². The van der Waals surface area contributed by atoms with Crippen LogP contribution in [0.1, 0.15) is 42.5 Å². The zero-order chi connectivity index (χ0) is 23.0. The first kappa shape index (κ1) is 25.6. The quantitative estimate of drug-likeness (QED) is 0.468. The number of aryl methyl sites for hydroxylation is 2. The lowest BCUT2D eigenvalue weighted by Gasteiger charge is -2.29. The maximum absolute atomic E-state index is 13.1. The summed E-state index contributed by atoms with van der Waals surface area (Å²) in [7, 11) is 0. The number of amides is 2. The molecule has 0 fully saturated rings. The highest BCUT2D eigenvalue weighted by molar-refractivity contribution is 7.99. The van der Waals surface area contributed by atoms with E-state index in [1.165, 1.54) is 16.7 Å². The van der Waals surface area contributed by atoms with Gasteiger partial charge in [-0.1, -0.05) is 65.5 Å². The summed E-state index contributed by atoms with van der Waals surface area (Å²) in [6, 6.07) is 11.1. The molecule has 0 unspecified atom stereocenters. The third kappa shape index (κ3) is 8.06. The molecule has 0 aliphatic rings. The van der Waals surface area contributed by atoms with Crippen molar-refractivity contribution in [1.82, 2.24) is 10.2 Å². The fourth-order valence-electron chi connectivity index (χ4n) is 3.30. The van der Waals surface area contributed by atoms with Crippen molar-refractivity contribution in [2.24, 2.45) is 0 Å². The van der Waals surface area contributed by atoms with Gasteiger partial charge in [0.1, 0.15) is 6.04 Å². The highest BCUT2D eigenvalue weighted by Gasteiger charge is 2.26. The molecule has 0 spiro atoms. The molecule has 4 nitrogen and oxygen atoms in total. The Kier molecular flexibility index (Phi) is 10.2. The summed E-state index contributed by atoms with van der Waals surface area (Å²) < 4.78 is 0. The largest absolute Gasteiger partial charge is 0.354 e. The van der Waals surface area contributed by atoms with E-state index >= 15 is 0 Å². The minimum atomic E-state index is -0.588. The van der Waals surface area contributed by atoms with Crippen LogP contribution >= 0.6 is 35.0 Å². The first-order valence-corrected chi connectivity index (χ1v) is 12.3. The third-order valence-electron chi connectivity index (χ3n) is 4.83. The molecular formula is C24H30Cl2N2O2S. The molecule has 0 aliphatic carbocycles. The molecule has 1 atom stereocenters. The predicted molar refractivity (Wildman–Crippen MR) is 132 cm³/mol. The van der Waals surface area contributed by atoms with E-state index < -0.39 is 6.04 Å². The van der Waals surface area contributed by atoms with Gasteiger partial charge in [-0.2, -0.15) is 0 Å². The molecule has 31 heavy (non-hydrogen) atoms. The van der Waals surface area contributed by atoms with Crippen molar-refractivity contribution in [1.29, 1.82) is 0 Å². The van der Waals surface area contributed by atoms with Crippen molar-refractivity contribution in [3.8, 4) is 0 Å². The Bertz CT molecular complexity index is 900. The van der Waals surface area contributed by atoms with Gasteiger partial charge in [0.25, 0.3) is 0 Å². The number of hydrogen-bond donors (Lipinski definition) is 1. The van der Waals surface area contributed by atoms with E-state index in [2.05, 4.69) is 37.4 Å². The molecule has 0 saturated heterocycles. The lowest BCUT2D eigenvalue weighted by molar-refractivity contribution is -0.138. The van der Waals surface area contributed by atoms with Crippen molar-refractivity contribution in [2.75, 3.05) is 12.3 Å². The van der Waals surface area contributed by atoms with E-state index in [1.807, 2.05) is 13.0 Å². The van der Waals surface area contributed by atoms with Gasteiger partial charge in [0.05, 0.1) is 15.8 Å². The van der Waals surface area contributed by atoms with E-state index in [0.717, 1.165) is 17.7 Å². The smallest absolute Gasteiger partial charge is 0.242 e. The van der Waals surface area contributed by atoms with Gasteiger partial charge in [-0.25, -0.2) is 0 Å². The van der Waals surface area contributed by atoms with Gasteiger partial charge in [0.15, 0.2) is 0 Å². The van der Waals surface area contributed by atoms with Gasteiger partial charge in [-0.15, -0.1) is 11.8 Å². The molecule has 2 amide bonds. The molecule has 0 aromatic heterocycles. The summed E-state index contributed by atoms with van der Waals surface area (Å²) in [5, 5.41) is 3.77. The molecule has 2 rings (SSSR count). The second-order valence-corrected chi connectivity index (χ2v) is 9.53. The van der Waals surface area contributed by atoms with Crippen LogP contribution in [0.2, 0.25) is 10.0 Å². The number of nitrogens with one attached hydrogen (secondary N) is 1. The van der Waals surface area contributed by atoms with Crippen molar-refractivity contribution in [3.63, 3.8) is 0 Å². The van der Waals surface area contributed by atoms with Crippen LogP contribution in [0.4, 0.5) is 0 Å². The fourth-order valence-corrected chi connectivity index (χ4v) is 4.47. The molecule has 1 N–H and O–H groups in total. The molecule has 2 aromatic rings. The lowest BCUT2D eigenvalue weighted by Crippen LogP contribution is -2.48. The maximum Gasteiger partial charge on any atom is 0.242 e. The normalized spacial score (nSPS) is 11.8. The summed E-state index contributed by atoms with van der Waals surface area (Å²) >= 11 is 13.7. The van der Waals surface area contributed by atoms with Gasteiger partial charge >= 0.3 is 0 Å². The van der Waals surface area contributed by atoms with E-state index in [0.29, 0.717) is 28.9 Å². The Labute approximate surface area is 199 Å². The monoisotopic (exact) mass is 480 g/mol. The number of benzene rings is 2. The van der Waals surface area contributed by atoms with Crippen LogP contribution < -0.4 is 5.32 Å². The number of nitrogens with zero attached hydrogens (tertiary/aromatic N) is 1. The number of carbonyl (C=O) groups excluding carboxylic acids is 2. The first-order valence-electron chi connectivity index (χ1n) is 10.4. The standard InChI is InChI=1S/C24H30Cl2N2O2S/c1-5-8-27-24(30)18(4)28(13-19-6-7-21(25)22(26)12-19)23(29)15-31-14-20-10-16(2)9-17(3)11-20/h6-7,9-12,18H,5,8,13-15H2,1-4H3,(H,27,30)/t18-/m1/s1. The Morgan fingerprint density at radius 1 is 1.03 bits per heavy atom. The number of halogens is 2. The number of rotatable bonds is 10. The molecule has 0 aliphatic heterocycles. The van der Waals surface area contributed by atoms with Crippen molar-refractivity contribution in [2.45, 2.75) is 52.5 Å². The van der Waals surface area contributed by atoms with Gasteiger partial charge in [-0.05, 0) is 50.5 Å². The molecular weight excluding hydrogens is 451 g/mol. The number of thioether (sulfide) groups is 1. The molecule has 2 aromatic carbocycles. The Hall–Kier alpha value is -1.69. The predicted octanol–water partition coefficient (Wildman–Crippen LogP) is 5.79. The summed E-state index contributed by atoms with van der Waals surface area (Å²) in [5.74, 6) is 0.791. The minimum Gasteiger partial charge on any atom is -0.354 e. The molecule has 0 saturated carbocycles. The number of hydrogen-bond acceptors (Lipinski definition) is 3. The third-order valence-corrected chi connectivity index (χ3v) is 6.56. The van der Waals surface area contributed by atoms with Crippen LogP contribution in [0.15, 0.2) is 36.4 Å². The minimum absolute atomic E-state index is 0.0837. The van der Waals surface area contributed by atoms with Crippen LogP contribution in [0.25, 0.3) is 0 Å². The highest BCUT2D eigenvalue weighted by Crippen LogP contribution is 2.24. The molecule has 168 valence electrons. The second-order valence-electron chi connectivity index (χ2n) is 7.73. The zero-order valence-electron chi connectivity index (χ0n) is 18.5. The van der Waals surface area contributed by atoms with Crippen LogP contribution in [-0.2, 0) is 21.9 Å². The average Bonchev–Trinajstić information content (AvgIpc) is 2.71. The zero-order valence-corrected chi connectivity index (χ0v) is 20.8. The van der Waals surface area contributed by atoms with Gasteiger partial charge in [0, 0.05) is 18.8 Å². The number of carbonyl (C=O) groups is 2. The Balaban J connectivity index is 2.10. The molecule has 0 bridgehead atoms. The van der Waals surface area contributed by atoms with Crippen LogP contribution in [-0.4, -0.2) is 35.1 Å². The first-order chi connectivity index (χ1) is 14.7. The summed E-state index contributed by atoms with van der Waals surface area (Å²) in [4.78, 5) is 27.3. The molecule has 0 heterocycles. The Morgan fingerprint density at radius 2 is 1.71 bits per heavy atom. The maximum atomic E-state index is 13.1.